The predicted octanol–water partition coefficient (Wildman–Crippen LogP) is 0.994. The molecular weight excluding hydrogens is 138 g/mol. The van der Waals surface area contributed by atoms with Gasteiger partial charge in [-0.2, -0.15) is 0 Å². The molecule has 2 heteroatoms. The highest BCUT2D eigenvalue weighted by molar-refractivity contribution is 5.25. The lowest BCUT2D eigenvalue weighted by molar-refractivity contribution is 0.282. The van der Waals surface area contributed by atoms with Crippen LogP contribution in [0, 0.1) is 0 Å². The molecule has 0 aromatic carbocycles. The number of hydrogen-bond donors (Lipinski definition) is 2. The second-order valence-electron chi connectivity index (χ2n) is 2.23. The quantitative estimate of drug-likeness (QED) is 0.579. The first kappa shape index (κ1) is 10.1. The number of allylic oxidation sites excluding steroid dienone is 2. The normalized spacial score (nSPS) is 14.2. The topological polar surface area (TPSA) is 46.2 Å². The van der Waals surface area contributed by atoms with E-state index in [1.807, 2.05) is 0 Å². The fraction of sp³-hybridized carbons (Fsp3) is 0.333. The molecule has 0 amide bonds. The van der Waals surface area contributed by atoms with Crippen LogP contribution >= 0.6 is 0 Å². The van der Waals surface area contributed by atoms with Crippen LogP contribution in [0.15, 0.2) is 37.0 Å². The number of rotatable bonds is 5. The van der Waals surface area contributed by atoms with Crippen LogP contribution < -0.4 is 5.73 Å². The zero-order valence-electron chi connectivity index (χ0n) is 6.66. The molecule has 2 nitrogen and oxygen atoms in total. The van der Waals surface area contributed by atoms with Gasteiger partial charge in [0, 0.05) is 12.6 Å². The first-order chi connectivity index (χ1) is 5.26. The van der Waals surface area contributed by atoms with Gasteiger partial charge in [-0.3, -0.25) is 0 Å². The van der Waals surface area contributed by atoms with Crippen molar-refractivity contribution in [2.45, 2.75) is 12.5 Å². The summed E-state index contributed by atoms with van der Waals surface area (Å²) in [7, 11) is 0. The van der Waals surface area contributed by atoms with Crippen LogP contribution in [0.1, 0.15) is 6.42 Å². The van der Waals surface area contributed by atoms with Gasteiger partial charge in [-0.25, -0.2) is 0 Å². The molecule has 0 aromatic rings. The van der Waals surface area contributed by atoms with Gasteiger partial charge in [0.25, 0.3) is 0 Å². The molecule has 0 aromatic heterocycles. The molecule has 11 heavy (non-hydrogen) atoms. The maximum absolute atomic E-state index is 8.58. The van der Waals surface area contributed by atoms with Crippen molar-refractivity contribution in [1.82, 2.24) is 0 Å². The zero-order valence-corrected chi connectivity index (χ0v) is 6.66. The van der Waals surface area contributed by atoms with Crippen LogP contribution in [0.2, 0.25) is 0 Å². The average Bonchev–Trinajstić information content (AvgIpc) is 2.00. The highest BCUT2D eigenvalue weighted by Gasteiger charge is 2.03. The Labute approximate surface area is 67.7 Å². The molecule has 0 aliphatic rings. The molecule has 0 saturated heterocycles. The summed E-state index contributed by atoms with van der Waals surface area (Å²) in [6.45, 7) is 7.25. The maximum atomic E-state index is 8.58. The second-order valence-corrected chi connectivity index (χ2v) is 2.23. The SMILES string of the molecule is C=C/C=C(\C=C)C(N)CCO. The van der Waals surface area contributed by atoms with Gasteiger partial charge >= 0.3 is 0 Å². The molecule has 0 bridgehead atoms. The average molecular weight is 153 g/mol. The Morgan fingerprint density at radius 2 is 2.18 bits per heavy atom. The predicted molar refractivity (Wildman–Crippen MR) is 48.2 cm³/mol. The minimum Gasteiger partial charge on any atom is -0.396 e. The van der Waals surface area contributed by atoms with Crippen LogP contribution in [-0.4, -0.2) is 17.8 Å². The fourth-order valence-electron chi connectivity index (χ4n) is 0.785. The van der Waals surface area contributed by atoms with Gasteiger partial charge in [-0.05, 0) is 12.0 Å². The van der Waals surface area contributed by atoms with Gasteiger partial charge in [-0.15, -0.1) is 0 Å². The fourth-order valence-corrected chi connectivity index (χ4v) is 0.785. The van der Waals surface area contributed by atoms with E-state index in [0.717, 1.165) is 5.57 Å². The summed E-state index contributed by atoms with van der Waals surface area (Å²) in [6, 6.07) is -0.129. The summed E-state index contributed by atoms with van der Waals surface area (Å²) in [4.78, 5) is 0. The highest BCUT2D eigenvalue weighted by Crippen LogP contribution is 2.04. The van der Waals surface area contributed by atoms with E-state index in [1.54, 1.807) is 18.2 Å². The summed E-state index contributed by atoms with van der Waals surface area (Å²) in [5, 5.41) is 8.58. The minimum atomic E-state index is -0.129. The molecule has 0 saturated carbocycles. The first-order valence-corrected chi connectivity index (χ1v) is 3.57. The van der Waals surface area contributed by atoms with E-state index in [9.17, 15) is 0 Å². The highest BCUT2D eigenvalue weighted by atomic mass is 16.3. The standard InChI is InChI=1S/C9H15NO/c1-3-5-8(4-2)9(10)6-7-11/h3-5,9,11H,1-2,6-7,10H2/b8-5+. The molecule has 1 unspecified atom stereocenters. The Kier molecular flexibility index (Phi) is 5.43. The third-order valence-corrected chi connectivity index (χ3v) is 1.41. The third-order valence-electron chi connectivity index (χ3n) is 1.41. The molecule has 0 rings (SSSR count). The van der Waals surface area contributed by atoms with E-state index in [-0.39, 0.29) is 12.6 Å². The Balaban J connectivity index is 4.12. The summed E-state index contributed by atoms with van der Waals surface area (Å²) in [5.41, 5.74) is 6.59. The largest absolute Gasteiger partial charge is 0.396 e. The van der Waals surface area contributed by atoms with Crippen molar-refractivity contribution in [2.24, 2.45) is 5.73 Å². The molecule has 0 aliphatic heterocycles. The molecule has 1 atom stereocenters. The number of hydrogen-bond acceptors (Lipinski definition) is 2. The summed E-state index contributed by atoms with van der Waals surface area (Å²) < 4.78 is 0. The number of nitrogens with two attached hydrogens (primary N) is 1. The van der Waals surface area contributed by atoms with Gasteiger partial charge < -0.3 is 10.8 Å². The second kappa shape index (κ2) is 5.89. The van der Waals surface area contributed by atoms with E-state index in [4.69, 9.17) is 10.8 Å². The monoisotopic (exact) mass is 153 g/mol. The maximum Gasteiger partial charge on any atom is 0.0449 e. The van der Waals surface area contributed by atoms with E-state index < -0.39 is 0 Å². The zero-order chi connectivity index (χ0) is 8.69. The molecule has 62 valence electrons. The lowest BCUT2D eigenvalue weighted by Gasteiger charge is -2.09. The van der Waals surface area contributed by atoms with Crippen molar-refractivity contribution in [3.05, 3.63) is 37.0 Å². The minimum absolute atomic E-state index is 0.101. The summed E-state index contributed by atoms with van der Waals surface area (Å²) in [6.07, 6.45) is 5.70. The van der Waals surface area contributed by atoms with Gasteiger partial charge in [0.05, 0.1) is 0 Å². The molecular formula is C9H15NO. The Morgan fingerprint density at radius 3 is 2.55 bits per heavy atom. The van der Waals surface area contributed by atoms with Gasteiger partial charge in [0.15, 0.2) is 0 Å². The van der Waals surface area contributed by atoms with Gasteiger partial charge in [0.1, 0.15) is 0 Å². The van der Waals surface area contributed by atoms with Crippen LogP contribution in [0.25, 0.3) is 0 Å². The smallest absolute Gasteiger partial charge is 0.0449 e. The molecule has 3 N–H and O–H groups in total. The van der Waals surface area contributed by atoms with Crippen LogP contribution in [0.3, 0.4) is 0 Å². The number of aliphatic hydroxyl groups is 1. The lowest BCUT2D eigenvalue weighted by Crippen LogP contribution is -2.22. The molecule has 0 heterocycles. The van der Waals surface area contributed by atoms with Crippen molar-refractivity contribution >= 4 is 0 Å². The van der Waals surface area contributed by atoms with E-state index in [0.29, 0.717) is 6.42 Å². The van der Waals surface area contributed by atoms with E-state index >= 15 is 0 Å². The Morgan fingerprint density at radius 1 is 1.55 bits per heavy atom. The first-order valence-electron chi connectivity index (χ1n) is 3.57. The summed E-state index contributed by atoms with van der Waals surface area (Å²) in [5.74, 6) is 0. The van der Waals surface area contributed by atoms with Crippen LogP contribution in [0.5, 0.6) is 0 Å². The van der Waals surface area contributed by atoms with Crippen LogP contribution in [0.4, 0.5) is 0 Å². The van der Waals surface area contributed by atoms with E-state index in [2.05, 4.69) is 13.2 Å². The van der Waals surface area contributed by atoms with Gasteiger partial charge in [0.2, 0.25) is 0 Å². The number of aliphatic hydroxyl groups excluding tert-OH is 1. The van der Waals surface area contributed by atoms with Crippen molar-refractivity contribution in [1.29, 1.82) is 0 Å². The summed E-state index contributed by atoms with van der Waals surface area (Å²) >= 11 is 0. The van der Waals surface area contributed by atoms with Crippen molar-refractivity contribution < 1.29 is 5.11 Å². The molecule has 0 spiro atoms. The van der Waals surface area contributed by atoms with Gasteiger partial charge in [-0.1, -0.05) is 31.4 Å². The Hall–Kier alpha value is -0.860. The molecule has 0 aliphatic carbocycles. The molecule has 0 radical (unpaired) electrons. The van der Waals surface area contributed by atoms with E-state index in [1.165, 1.54) is 0 Å². The molecule has 0 fully saturated rings. The van der Waals surface area contributed by atoms with Crippen molar-refractivity contribution in [2.75, 3.05) is 6.61 Å². The third kappa shape index (κ3) is 3.75. The Bertz CT molecular complexity index is 161. The van der Waals surface area contributed by atoms with Crippen LogP contribution in [-0.2, 0) is 0 Å². The van der Waals surface area contributed by atoms with Crippen molar-refractivity contribution in [3.63, 3.8) is 0 Å². The van der Waals surface area contributed by atoms with Crippen molar-refractivity contribution in [3.8, 4) is 0 Å². The lowest BCUT2D eigenvalue weighted by atomic mass is 10.1.